The van der Waals surface area contributed by atoms with Gasteiger partial charge in [0.2, 0.25) is 0 Å². The van der Waals surface area contributed by atoms with Gasteiger partial charge in [0.15, 0.2) is 11.6 Å². The number of nitrogens with two attached hydrogens (primary N) is 1. The molecular formula is C15H21F2NOS. The first kappa shape index (κ1) is 15.6. The van der Waals surface area contributed by atoms with E-state index >= 15 is 0 Å². The molecule has 0 spiro atoms. The predicted octanol–water partition coefficient (Wildman–Crippen LogP) is 3.22. The SMILES string of the molecule is CC(C)C1CCC(N)C(S(=O)c2ccc(F)c(F)c2)C1. The summed E-state index contributed by atoms with van der Waals surface area (Å²) in [4.78, 5) is 0.328. The van der Waals surface area contributed by atoms with Crippen LogP contribution in [0.15, 0.2) is 23.1 Å². The fourth-order valence-electron chi connectivity index (χ4n) is 2.81. The van der Waals surface area contributed by atoms with Crippen LogP contribution in [-0.2, 0) is 10.8 Å². The molecule has 0 amide bonds. The fourth-order valence-corrected chi connectivity index (χ4v) is 4.46. The summed E-state index contributed by atoms with van der Waals surface area (Å²) in [5, 5.41) is -0.180. The molecule has 0 radical (unpaired) electrons. The zero-order valence-corrected chi connectivity index (χ0v) is 12.6. The van der Waals surface area contributed by atoms with E-state index in [1.807, 2.05) is 0 Å². The van der Waals surface area contributed by atoms with Crippen molar-refractivity contribution in [2.75, 3.05) is 0 Å². The lowest BCUT2D eigenvalue weighted by Gasteiger charge is -2.35. The van der Waals surface area contributed by atoms with Crippen LogP contribution in [0.4, 0.5) is 8.78 Å². The lowest BCUT2D eigenvalue weighted by Crippen LogP contribution is -2.43. The molecule has 5 heteroatoms. The topological polar surface area (TPSA) is 43.1 Å². The van der Waals surface area contributed by atoms with Crippen LogP contribution in [0, 0.1) is 23.5 Å². The monoisotopic (exact) mass is 301 g/mol. The Morgan fingerprint density at radius 3 is 2.55 bits per heavy atom. The average Bonchev–Trinajstić information content (AvgIpc) is 2.41. The Kier molecular flexibility index (Phi) is 4.91. The Labute approximate surface area is 121 Å². The van der Waals surface area contributed by atoms with Gasteiger partial charge >= 0.3 is 0 Å². The Bertz CT molecular complexity index is 507. The van der Waals surface area contributed by atoms with Crippen LogP contribution >= 0.6 is 0 Å². The smallest absolute Gasteiger partial charge is 0.160 e. The van der Waals surface area contributed by atoms with Crippen LogP contribution in [0.25, 0.3) is 0 Å². The normalized spacial score (nSPS) is 28.6. The molecule has 2 rings (SSSR count). The molecule has 0 aromatic heterocycles. The van der Waals surface area contributed by atoms with Gasteiger partial charge in [0.25, 0.3) is 0 Å². The summed E-state index contributed by atoms with van der Waals surface area (Å²) in [7, 11) is -1.39. The van der Waals surface area contributed by atoms with Crippen molar-refractivity contribution in [1.82, 2.24) is 0 Å². The standard InChI is InChI=1S/C15H21F2NOS/c1-9(2)10-3-6-14(18)15(7-10)20(19)11-4-5-12(16)13(17)8-11/h4-5,8-10,14-15H,3,6-7,18H2,1-2H3. The second-order valence-electron chi connectivity index (χ2n) is 5.89. The van der Waals surface area contributed by atoms with Crippen LogP contribution in [0.3, 0.4) is 0 Å². The highest BCUT2D eigenvalue weighted by Gasteiger charge is 2.34. The van der Waals surface area contributed by atoms with Crippen molar-refractivity contribution in [2.24, 2.45) is 17.6 Å². The molecule has 0 bridgehead atoms. The molecule has 1 aromatic rings. The second kappa shape index (κ2) is 6.31. The summed E-state index contributed by atoms with van der Waals surface area (Å²) in [6, 6.07) is 3.30. The quantitative estimate of drug-likeness (QED) is 0.931. The largest absolute Gasteiger partial charge is 0.327 e. The zero-order chi connectivity index (χ0) is 14.9. The van der Waals surface area contributed by atoms with Crippen molar-refractivity contribution >= 4 is 10.8 Å². The molecule has 4 atom stereocenters. The molecule has 20 heavy (non-hydrogen) atoms. The van der Waals surface area contributed by atoms with Crippen molar-refractivity contribution in [1.29, 1.82) is 0 Å². The number of hydrogen-bond acceptors (Lipinski definition) is 2. The lowest BCUT2D eigenvalue weighted by atomic mass is 9.79. The molecule has 0 aliphatic heterocycles. The highest BCUT2D eigenvalue weighted by Crippen LogP contribution is 2.33. The Morgan fingerprint density at radius 2 is 1.95 bits per heavy atom. The Morgan fingerprint density at radius 1 is 1.25 bits per heavy atom. The van der Waals surface area contributed by atoms with Gasteiger partial charge in [0.05, 0.1) is 16.0 Å². The van der Waals surface area contributed by atoms with Crippen LogP contribution in [0.1, 0.15) is 33.1 Å². The number of rotatable bonds is 3. The molecule has 4 unspecified atom stereocenters. The van der Waals surface area contributed by atoms with Crippen molar-refractivity contribution < 1.29 is 13.0 Å². The third-order valence-electron chi connectivity index (χ3n) is 4.22. The van der Waals surface area contributed by atoms with Crippen LogP contribution < -0.4 is 5.73 Å². The van der Waals surface area contributed by atoms with Gasteiger partial charge in [-0.1, -0.05) is 13.8 Å². The van der Waals surface area contributed by atoms with Gasteiger partial charge in [-0.15, -0.1) is 0 Å². The first-order valence-electron chi connectivity index (χ1n) is 7.01. The third-order valence-corrected chi connectivity index (χ3v) is 6.04. The summed E-state index contributed by atoms with van der Waals surface area (Å²) in [5.74, 6) is -0.861. The minimum atomic E-state index is -1.39. The van der Waals surface area contributed by atoms with Gasteiger partial charge in [-0.3, -0.25) is 4.21 Å². The molecule has 1 fully saturated rings. The van der Waals surface area contributed by atoms with E-state index < -0.39 is 22.4 Å². The summed E-state index contributed by atoms with van der Waals surface area (Å²) in [6.07, 6.45) is 2.66. The van der Waals surface area contributed by atoms with Gasteiger partial charge in [-0.2, -0.15) is 0 Å². The summed E-state index contributed by atoms with van der Waals surface area (Å²) >= 11 is 0. The minimum absolute atomic E-state index is 0.140. The highest BCUT2D eigenvalue weighted by atomic mass is 32.2. The molecule has 1 aliphatic carbocycles. The molecule has 0 heterocycles. The number of benzene rings is 1. The molecule has 1 saturated carbocycles. The molecule has 2 nitrogen and oxygen atoms in total. The maximum absolute atomic E-state index is 13.3. The second-order valence-corrected chi connectivity index (χ2v) is 7.56. The number of halogens is 2. The van der Waals surface area contributed by atoms with Crippen LogP contribution in [-0.4, -0.2) is 15.5 Å². The predicted molar refractivity (Wildman–Crippen MR) is 76.7 cm³/mol. The molecule has 1 aromatic carbocycles. The van der Waals surface area contributed by atoms with Crippen molar-refractivity contribution in [2.45, 2.75) is 49.3 Å². The van der Waals surface area contributed by atoms with Crippen LogP contribution in [0.2, 0.25) is 0 Å². The van der Waals surface area contributed by atoms with E-state index in [1.54, 1.807) is 0 Å². The van der Waals surface area contributed by atoms with E-state index in [0.29, 0.717) is 16.7 Å². The van der Waals surface area contributed by atoms with Crippen molar-refractivity contribution in [3.63, 3.8) is 0 Å². The molecule has 1 aliphatic rings. The van der Waals surface area contributed by atoms with E-state index in [0.717, 1.165) is 31.4 Å². The van der Waals surface area contributed by atoms with Gasteiger partial charge in [-0.05, 0) is 49.3 Å². The van der Waals surface area contributed by atoms with Gasteiger partial charge in [-0.25, -0.2) is 8.78 Å². The number of hydrogen-bond donors (Lipinski definition) is 1. The molecular weight excluding hydrogens is 280 g/mol. The maximum atomic E-state index is 13.3. The van der Waals surface area contributed by atoms with Gasteiger partial charge < -0.3 is 5.73 Å². The lowest BCUT2D eigenvalue weighted by molar-refractivity contribution is 0.263. The zero-order valence-electron chi connectivity index (χ0n) is 11.8. The highest BCUT2D eigenvalue weighted by molar-refractivity contribution is 7.85. The van der Waals surface area contributed by atoms with E-state index in [9.17, 15) is 13.0 Å². The Hall–Kier alpha value is -0.810. The summed E-state index contributed by atoms with van der Waals surface area (Å²) < 4.78 is 38.8. The van der Waals surface area contributed by atoms with E-state index in [2.05, 4.69) is 13.8 Å². The Balaban J connectivity index is 2.19. The summed E-state index contributed by atoms with van der Waals surface area (Å²) in [6.45, 7) is 4.30. The van der Waals surface area contributed by atoms with E-state index in [1.165, 1.54) is 6.07 Å². The molecule has 0 saturated heterocycles. The fraction of sp³-hybridized carbons (Fsp3) is 0.600. The molecule has 112 valence electrons. The van der Waals surface area contributed by atoms with E-state index in [-0.39, 0.29) is 11.3 Å². The summed E-state index contributed by atoms with van der Waals surface area (Å²) in [5.41, 5.74) is 6.09. The van der Waals surface area contributed by atoms with Gasteiger partial charge in [0.1, 0.15) is 0 Å². The maximum Gasteiger partial charge on any atom is 0.160 e. The first-order chi connectivity index (χ1) is 9.40. The van der Waals surface area contributed by atoms with Crippen molar-refractivity contribution in [3.8, 4) is 0 Å². The van der Waals surface area contributed by atoms with Gasteiger partial charge in [0, 0.05) is 10.9 Å². The minimum Gasteiger partial charge on any atom is -0.327 e. The third kappa shape index (κ3) is 3.26. The molecule has 2 N–H and O–H groups in total. The first-order valence-corrected chi connectivity index (χ1v) is 8.22. The van der Waals surface area contributed by atoms with Crippen LogP contribution in [0.5, 0.6) is 0 Å². The van der Waals surface area contributed by atoms with Crippen molar-refractivity contribution in [3.05, 3.63) is 29.8 Å². The average molecular weight is 301 g/mol. The van der Waals surface area contributed by atoms with E-state index in [4.69, 9.17) is 5.73 Å².